The van der Waals surface area contributed by atoms with E-state index in [1.54, 1.807) is 14.0 Å². The van der Waals surface area contributed by atoms with E-state index < -0.39 is 5.54 Å². The smallest absolute Gasteiger partial charge is 0.242 e. The van der Waals surface area contributed by atoms with Gasteiger partial charge in [0, 0.05) is 13.7 Å². The second-order valence-electron chi connectivity index (χ2n) is 5.19. The number of nitrogens with two attached hydrogens (primary N) is 1. The average Bonchev–Trinajstić information content (AvgIpc) is 2.38. The number of rotatable bonds is 7. The van der Waals surface area contributed by atoms with E-state index >= 15 is 0 Å². The molecule has 0 aliphatic heterocycles. The first-order valence-corrected chi connectivity index (χ1v) is 6.56. The minimum absolute atomic E-state index is 0.388. The predicted octanol–water partition coefficient (Wildman–Crippen LogP) is 1.75. The molecule has 0 saturated carbocycles. The first-order chi connectivity index (χ1) is 8.91. The van der Waals surface area contributed by atoms with Gasteiger partial charge in [-0.1, -0.05) is 38.1 Å². The Morgan fingerprint density at radius 2 is 1.95 bits per heavy atom. The summed E-state index contributed by atoms with van der Waals surface area (Å²) in [7, 11) is 1.63. The van der Waals surface area contributed by atoms with Crippen LogP contribution in [0.3, 0.4) is 0 Å². The summed E-state index contributed by atoms with van der Waals surface area (Å²) < 4.78 is 4.99. The Morgan fingerprint density at radius 1 is 1.37 bits per heavy atom. The third-order valence-corrected chi connectivity index (χ3v) is 3.43. The Balaban J connectivity index is 2.95. The summed E-state index contributed by atoms with van der Waals surface area (Å²) in [6.45, 7) is 7.18. The molecule has 0 aliphatic rings. The number of carbonyl (C=O) groups excluding carboxylic acids is 1. The summed E-state index contributed by atoms with van der Waals surface area (Å²) >= 11 is 0. The molecule has 4 heteroatoms. The van der Waals surface area contributed by atoms with Gasteiger partial charge in [0.2, 0.25) is 5.91 Å². The Kier molecular flexibility index (Phi) is 5.51. The molecule has 1 aromatic carbocycles. The molecule has 0 fully saturated rings. The normalized spacial score (nSPS) is 14.4. The van der Waals surface area contributed by atoms with Crippen molar-refractivity contribution in [3.63, 3.8) is 0 Å². The number of hydrogen-bond donors (Lipinski definition) is 2. The molecule has 1 rings (SSSR count). The zero-order valence-corrected chi connectivity index (χ0v) is 12.2. The van der Waals surface area contributed by atoms with Gasteiger partial charge in [-0.05, 0) is 24.0 Å². The van der Waals surface area contributed by atoms with Crippen LogP contribution in [0.15, 0.2) is 24.3 Å². The lowest BCUT2D eigenvalue weighted by Crippen LogP contribution is -2.51. The maximum Gasteiger partial charge on any atom is 0.242 e. The van der Waals surface area contributed by atoms with Crippen LogP contribution in [0.4, 0.5) is 0 Å². The number of hydrogen-bond acceptors (Lipinski definition) is 3. The summed E-state index contributed by atoms with van der Waals surface area (Å²) in [4.78, 5) is 11.8. The highest BCUT2D eigenvalue weighted by Crippen LogP contribution is 2.23. The molecule has 0 aliphatic carbocycles. The molecule has 3 N–H and O–H groups in total. The SMILES string of the molecule is COCCNC(C)(C(N)=O)c1ccc(C(C)C)cc1. The van der Waals surface area contributed by atoms with Crippen LogP contribution in [0, 0.1) is 0 Å². The quantitative estimate of drug-likeness (QED) is 0.737. The maximum atomic E-state index is 11.8. The van der Waals surface area contributed by atoms with Gasteiger partial charge in [-0.3, -0.25) is 10.1 Å². The predicted molar refractivity (Wildman–Crippen MR) is 77.0 cm³/mol. The van der Waals surface area contributed by atoms with Crippen molar-refractivity contribution in [2.24, 2.45) is 5.73 Å². The van der Waals surface area contributed by atoms with Gasteiger partial charge in [-0.15, -0.1) is 0 Å². The standard InChI is InChI=1S/C15H24N2O2/c1-11(2)12-5-7-13(8-6-12)15(3,14(16)18)17-9-10-19-4/h5-8,11,17H,9-10H2,1-4H3,(H2,16,18). The molecule has 0 spiro atoms. The molecule has 19 heavy (non-hydrogen) atoms. The van der Waals surface area contributed by atoms with Crippen molar-refractivity contribution in [1.82, 2.24) is 5.32 Å². The molecular weight excluding hydrogens is 240 g/mol. The Hall–Kier alpha value is -1.39. The Labute approximate surface area is 115 Å². The lowest BCUT2D eigenvalue weighted by atomic mass is 9.89. The second kappa shape index (κ2) is 6.68. The number of benzene rings is 1. The number of ether oxygens (including phenoxy) is 1. The summed E-state index contributed by atoms with van der Waals surface area (Å²) in [5.74, 6) is 0.0798. The lowest BCUT2D eigenvalue weighted by Gasteiger charge is -2.28. The van der Waals surface area contributed by atoms with Crippen molar-refractivity contribution in [2.45, 2.75) is 32.2 Å². The summed E-state index contributed by atoms with van der Waals surface area (Å²) in [5.41, 5.74) is 6.79. The van der Waals surface area contributed by atoms with Crippen LogP contribution in [0.25, 0.3) is 0 Å². The molecule has 0 bridgehead atoms. The van der Waals surface area contributed by atoms with E-state index in [2.05, 4.69) is 19.2 Å². The van der Waals surface area contributed by atoms with Gasteiger partial charge in [0.15, 0.2) is 0 Å². The lowest BCUT2D eigenvalue weighted by molar-refractivity contribution is -0.124. The Morgan fingerprint density at radius 3 is 2.37 bits per heavy atom. The minimum atomic E-state index is -0.867. The van der Waals surface area contributed by atoms with Gasteiger partial charge in [0.05, 0.1) is 6.61 Å². The monoisotopic (exact) mass is 264 g/mol. The average molecular weight is 264 g/mol. The highest BCUT2D eigenvalue weighted by molar-refractivity contribution is 5.85. The number of primary amides is 1. The van der Waals surface area contributed by atoms with E-state index in [1.165, 1.54) is 5.56 Å². The van der Waals surface area contributed by atoms with E-state index in [4.69, 9.17) is 10.5 Å². The number of nitrogens with one attached hydrogen (secondary N) is 1. The van der Waals surface area contributed by atoms with Gasteiger partial charge in [0.25, 0.3) is 0 Å². The van der Waals surface area contributed by atoms with Crippen molar-refractivity contribution in [2.75, 3.05) is 20.3 Å². The van der Waals surface area contributed by atoms with E-state index in [1.807, 2.05) is 24.3 Å². The van der Waals surface area contributed by atoms with Gasteiger partial charge < -0.3 is 10.5 Å². The summed E-state index contributed by atoms with van der Waals surface area (Å²) in [6.07, 6.45) is 0. The molecule has 0 heterocycles. The van der Waals surface area contributed by atoms with Gasteiger partial charge in [-0.25, -0.2) is 0 Å². The van der Waals surface area contributed by atoms with Crippen LogP contribution in [-0.2, 0) is 15.1 Å². The van der Waals surface area contributed by atoms with Gasteiger partial charge in [0.1, 0.15) is 5.54 Å². The van der Waals surface area contributed by atoms with Crippen molar-refractivity contribution >= 4 is 5.91 Å². The largest absolute Gasteiger partial charge is 0.383 e. The first-order valence-electron chi connectivity index (χ1n) is 6.56. The van der Waals surface area contributed by atoms with Gasteiger partial charge in [-0.2, -0.15) is 0 Å². The van der Waals surface area contributed by atoms with E-state index in [9.17, 15) is 4.79 Å². The molecule has 0 aromatic heterocycles. The number of methoxy groups -OCH3 is 1. The molecule has 106 valence electrons. The van der Waals surface area contributed by atoms with Gasteiger partial charge >= 0.3 is 0 Å². The molecule has 0 radical (unpaired) electrons. The highest BCUT2D eigenvalue weighted by Gasteiger charge is 2.32. The first kappa shape index (κ1) is 15.7. The van der Waals surface area contributed by atoms with Crippen LogP contribution < -0.4 is 11.1 Å². The zero-order chi connectivity index (χ0) is 14.5. The van der Waals surface area contributed by atoms with Crippen LogP contribution in [0.2, 0.25) is 0 Å². The fraction of sp³-hybridized carbons (Fsp3) is 0.533. The minimum Gasteiger partial charge on any atom is -0.383 e. The fourth-order valence-corrected chi connectivity index (χ4v) is 1.94. The van der Waals surface area contributed by atoms with Crippen molar-refractivity contribution < 1.29 is 9.53 Å². The van der Waals surface area contributed by atoms with Crippen LogP contribution in [0.1, 0.15) is 37.8 Å². The van der Waals surface area contributed by atoms with Crippen LogP contribution in [0.5, 0.6) is 0 Å². The number of carbonyl (C=O) groups is 1. The van der Waals surface area contributed by atoms with E-state index in [-0.39, 0.29) is 5.91 Å². The third kappa shape index (κ3) is 3.78. The Bertz CT molecular complexity index is 415. The molecule has 1 amide bonds. The summed E-state index contributed by atoms with van der Waals surface area (Å²) in [6, 6.07) is 8.00. The topological polar surface area (TPSA) is 64.3 Å². The molecular formula is C15H24N2O2. The van der Waals surface area contributed by atoms with Crippen LogP contribution >= 0.6 is 0 Å². The van der Waals surface area contributed by atoms with E-state index in [0.717, 1.165) is 5.56 Å². The number of amides is 1. The summed E-state index contributed by atoms with van der Waals surface area (Å²) in [5, 5.41) is 3.16. The van der Waals surface area contributed by atoms with Crippen molar-refractivity contribution in [3.05, 3.63) is 35.4 Å². The van der Waals surface area contributed by atoms with Crippen molar-refractivity contribution in [3.8, 4) is 0 Å². The molecule has 1 aromatic rings. The van der Waals surface area contributed by atoms with E-state index in [0.29, 0.717) is 19.1 Å². The molecule has 1 unspecified atom stereocenters. The third-order valence-electron chi connectivity index (χ3n) is 3.43. The zero-order valence-electron chi connectivity index (χ0n) is 12.2. The molecule has 4 nitrogen and oxygen atoms in total. The van der Waals surface area contributed by atoms with Crippen molar-refractivity contribution in [1.29, 1.82) is 0 Å². The molecule has 0 saturated heterocycles. The van der Waals surface area contributed by atoms with Crippen LogP contribution in [-0.4, -0.2) is 26.2 Å². The fourth-order valence-electron chi connectivity index (χ4n) is 1.94. The molecule has 1 atom stereocenters. The maximum absolute atomic E-state index is 11.8. The highest BCUT2D eigenvalue weighted by atomic mass is 16.5. The second-order valence-corrected chi connectivity index (χ2v) is 5.19.